The maximum Gasteiger partial charge on any atom is 0.303 e. The molecule has 0 saturated heterocycles. The number of aliphatic carboxylic acids is 1. The molecular formula is C14H14ClFN2O3. The van der Waals surface area contributed by atoms with Crippen molar-refractivity contribution in [3.63, 3.8) is 0 Å². The zero-order valence-electron chi connectivity index (χ0n) is 11.2. The van der Waals surface area contributed by atoms with E-state index in [1.54, 1.807) is 6.07 Å². The zero-order valence-corrected chi connectivity index (χ0v) is 11.9. The van der Waals surface area contributed by atoms with E-state index in [0.29, 0.717) is 35.7 Å². The van der Waals surface area contributed by atoms with Gasteiger partial charge in [-0.25, -0.2) is 4.39 Å². The van der Waals surface area contributed by atoms with Crippen molar-refractivity contribution in [3.05, 3.63) is 46.4 Å². The summed E-state index contributed by atoms with van der Waals surface area (Å²) in [6.07, 6.45) is 1.95. The molecule has 0 aliphatic carbocycles. The molecule has 0 amide bonds. The van der Waals surface area contributed by atoms with Crippen LogP contribution in [0.4, 0.5) is 4.39 Å². The topological polar surface area (TPSA) is 76.2 Å². The minimum Gasteiger partial charge on any atom is -0.481 e. The van der Waals surface area contributed by atoms with Gasteiger partial charge in [0, 0.05) is 23.4 Å². The molecule has 0 aliphatic heterocycles. The Bertz CT molecular complexity index is 610. The van der Waals surface area contributed by atoms with Crippen LogP contribution in [0, 0.1) is 5.82 Å². The molecule has 1 aromatic heterocycles. The molecule has 5 nitrogen and oxygen atoms in total. The van der Waals surface area contributed by atoms with Crippen LogP contribution in [-0.4, -0.2) is 21.3 Å². The average Bonchev–Trinajstić information content (AvgIpc) is 2.87. The second kappa shape index (κ2) is 7.17. The number of nitrogens with zero attached hydrogens (tertiary/aromatic N) is 2. The highest BCUT2D eigenvalue weighted by atomic mass is 35.5. The number of hydrogen-bond acceptors (Lipinski definition) is 4. The molecule has 21 heavy (non-hydrogen) atoms. The Balaban J connectivity index is 1.92. The zero-order chi connectivity index (χ0) is 15.2. The number of carboxylic acid groups (broad SMARTS) is 1. The lowest BCUT2D eigenvalue weighted by atomic mass is 10.1. The van der Waals surface area contributed by atoms with Gasteiger partial charge in [0.1, 0.15) is 5.82 Å². The lowest BCUT2D eigenvalue weighted by Crippen LogP contribution is -1.95. The number of carboxylic acids is 1. The monoisotopic (exact) mass is 312 g/mol. The predicted octanol–water partition coefficient (Wildman–Crippen LogP) is 3.25. The van der Waals surface area contributed by atoms with Crippen LogP contribution in [0.15, 0.2) is 22.6 Å². The van der Waals surface area contributed by atoms with Crippen molar-refractivity contribution in [1.29, 1.82) is 0 Å². The summed E-state index contributed by atoms with van der Waals surface area (Å²) < 4.78 is 19.0. The molecule has 1 heterocycles. The predicted molar refractivity (Wildman–Crippen MR) is 73.7 cm³/mol. The van der Waals surface area contributed by atoms with E-state index >= 15 is 0 Å². The molecule has 1 N–H and O–H groups in total. The first-order valence-electron chi connectivity index (χ1n) is 6.52. The smallest absolute Gasteiger partial charge is 0.303 e. The third-order valence-electron chi connectivity index (χ3n) is 2.93. The molecule has 0 unspecified atom stereocenters. The van der Waals surface area contributed by atoms with Gasteiger partial charge in [0.05, 0.1) is 6.42 Å². The third kappa shape index (κ3) is 4.53. The van der Waals surface area contributed by atoms with Crippen LogP contribution in [-0.2, 0) is 17.6 Å². The fourth-order valence-electron chi connectivity index (χ4n) is 1.87. The highest BCUT2D eigenvalue weighted by molar-refractivity contribution is 6.31. The molecule has 0 radical (unpaired) electrons. The standard InChI is InChI=1S/C14H14ClFN2O3/c15-10-4-3-5-11(16)9(10)8-13-18-17-12(21-13)6-1-2-7-14(19)20/h3-5H,1-2,6-8H2,(H,19,20). The summed E-state index contributed by atoms with van der Waals surface area (Å²) >= 11 is 5.93. The maximum atomic E-state index is 13.6. The molecule has 7 heteroatoms. The van der Waals surface area contributed by atoms with Gasteiger partial charge < -0.3 is 9.52 Å². The van der Waals surface area contributed by atoms with E-state index in [9.17, 15) is 9.18 Å². The molecule has 0 aliphatic rings. The van der Waals surface area contributed by atoms with Crippen LogP contribution in [0.2, 0.25) is 5.02 Å². The number of rotatable bonds is 7. The van der Waals surface area contributed by atoms with Crippen molar-refractivity contribution < 1.29 is 18.7 Å². The Kier molecular flexibility index (Phi) is 5.27. The van der Waals surface area contributed by atoms with Gasteiger partial charge in [0.15, 0.2) is 0 Å². The van der Waals surface area contributed by atoms with Crippen molar-refractivity contribution in [2.75, 3.05) is 0 Å². The quantitative estimate of drug-likeness (QED) is 0.794. The van der Waals surface area contributed by atoms with E-state index in [2.05, 4.69) is 10.2 Å². The van der Waals surface area contributed by atoms with Gasteiger partial charge in [-0.2, -0.15) is 0 Å². The van der Waals surface area contributed by atoms with Gasteiger partial charge in [-0.05, 0) is 25.0 Å². The number of benzene rings is 1. The summed E-state index contributed by atoms with van der Waals surface area (Å²) in [6, 6.07) is 4.45. The molecule has 2 aromatic rings. The molecule has 2 rings (SSSR count). The van der Waals surface area contributed by atoms with Gasteiger partial charge in [-0.1, -0.05) is 17.7 Å². The first-order chi connectivity index (χ1) is 10.1. The van der Waals surface area contributed by atoms with Crippen LogP contribution >= 0.6 is 11.6 Å². The molecular weight excluding hydrogens is 299 g/mol. The first kappa shape index (κ1) is 15.4. The van der Waals surface area contributed by atoms with Gasteiger partial charge in [0.25, 0.3) is 0 Å². The number of halogens is 2. The molecule has 0 atom stereocenters. The lowest BCUT2D eigenvalue weighted by molar-refractivity contribution is -0.137. The Hall–Kier alpha value is -1.95. The van der Waals surface area contributed by atoms with E-state index < -0.39 is 11.8 Å². The number of hydrogen-bond donors (Lipinski definition) is 1. The molecule has 1 aromatic carbocycles. The van der Waals surface area contributed by atoms with Crippen LogP contribution in [0.25, 0.3) is 0 Å². The molecule has 0 spiro atoms. The van der Waals surface area contributed by atoms with Gasteiger partial charge in [-0.15, -0.1) is 10.2 Å². The summed E-state index contributed by atoms with van der Waals surface area (Å²) in [7, 11) is 0. The fraction of sp³-hybridized carbons (Fsp3) is 0.357. The Labute approximate surface area is 125 Å². The molecule has 0 fully saturated rings. The minimum atomic E-state index is -0.824. The highest BCUT2D eigenvalue weighted by Gasteiger charge is 2.13. The summed E-state index contributed by atoms with van der Waals surface area (Å²) in [6.45, 7) is 0. The Morgan fingerprint density at radius 3 is 2.76 bits per heavy atom. The van der Waals surface area contributed by atoms with E-state index in [1.807, 2.05) is 0 Å². The van der Waals surface area contributed by atoms with Crippen LogP contribution in [0.3, 0.4) is 0 Å². The molecule has 0 bridgehead atoms. The summed E-state index contributed by atoms with van der Waals surface area (Å²) in [4.78, 5) is 10.4. The first-order valence-corrected chi connectivity index (χ1v) is 6.90. The Morgan fingerprint density at radius 2 is 2.05 bits per heavy atom. The Morgan fingerprint density at radius 1 is 1.29 bits per heavy atom. The number of unbranched alkanes of at least 4 members (excludes halogenated alkanes) is 1. The second-order valence-corrected chi connectivity index (χ2v) is 4.97. The SMILES string of the molecule is O=C(O)CCCCc1nnc(Cc2c(F)cccc2Cl)o1. The van der Waals surface area contributed by atoms with Crippen molar-refractivity contribution in [1.82, 2.24) is 10.2 Å². The molecule has 0 saturated carbocycles. The molecule has 112 valence electrons. The second-order valence-electron chi connectivity index (χ2n) is 4.57. The third-order valence-corrected chi connectivity index (χ3v) is 3.28. The van der Waals surface area contributed by atoms with E-state index in [4.69, 9.17) is 21.1 Å². The van der Waals surface area contributed by atoms with Crippen molar-refractivity contribution in [3.8, 4) is 0 Å². The van der Waals surface area contributed by atoms with Gasteiger partial charge in [-0.3, -0.25) is 4.79 Å². The largest absolute Gasteiger partial charge is 0.481 e. The van der Waals surface area contributed by atoms with Crippen molar-refractivity contribution in [2.24, 2.45) is 0 Å². The van der Waals surface area contributed by atoms with E-state index in [1.165, 1.54) is 12.1 Å². The van der Waals surface area contributed by atoms with E-state index in [0.717, 1.165) is 0 Å². The normalized spacial score (nSPS) is 10.8. The number of carbonyl (C=O) groups is 1. The summed E-state index contributed by atoms with van der Waals surface area (Å²) in [5.74, 6) is -0.530. The van der Waals surface area contributed by atoms with Crippen LogP contribution in [0.1, 0.15) is 36.6 Å². The van der Waals surface area contributed by atoms with Crippen molar-refractivity contribution in [2.45, 2.75) is 32.1 Å². The summed E-state index contributed by atoms with van der Waals surface area (Å²) in [5, 5.41) is 16.6. The van der Waals surface area contributed by atoms with Gasteiger partial charge >= 0.3 is 5.97 Å². The summed E-state index contributed by atoms with van der Waals surface area (Å²) in [5.41, 5.74) is 0.320. The van der Waals surface area contributed by atoms with Gasteiger partial charge in [0.2, 0.25) is 11.8 Å². The average molecular weight is 313 g/mol. The number of aryl methyl sites for hydroxylation is 1. The minimum absolute atomic E-state index is 0.117. The fourth-order valence-corrected chi connectivity index (χ4v) is 2.10. The van der Waals surface area contributed by atoms with E-state index in [-0.39, 0.29) is 18.7 Å². The van der Waals surface area contributed by atoms with Crippen LogP contribution < -0.4 is 0 Å². The lowest BCUT2D eigenvalue weighted by Gasteiger charge is -2.02. The highest BCUT2D eigenvalue weighted by Crippen LogP contribution is 2.22. The maximum absolute atomic E-state index is 13.6. The number of aromatic nitrogens is 2. The van der Waals surface area contributed by atoms with Crippen LogP contribution in [0.5, 0.6) is 0 Å². The van der Waals surface area contributed by atoms with Crippen molar-refractivity contribution >= 4 is 17.6 Å².